The fraction of sp³-hybridized carbons (Fsp3) is 0.615. The Bertz CT molecular complexity index is 295. The van der Waals surface area contributed by atoms with Crippen molar-refractivity contribution in [3.05, 3.63) is 24.5 Å². The first-order valence-corrected chi connectivity index (χ1v) is 6.08. The summed E-state index contributed by atoms with van der Waals surface area (Å²) in [4.78, 5) is 0. The molecular formula is C13H22ClNO2. The zero-order valence-electron chi connectivity index (χ0n) is 10.4. The molecule has 0 radical (unpaired) electrons. The molecule has 0 aromatic carbocycles. The molecule has 0 aliphatic heterocycles. The maximum Gasteiger partial charge on any atom is 0.252 e. The molecule has 1 heterocycles. The molecule has 0 aliphatic carbocycles. The van der Waals surface area contributed by atoms with E-state index in [2.05, 4.69) is 6.92 Å². The molecule has 0 bridgehead atoms. The van der Waals surface area contributed by atoms with Crippen LogP contribution in [0.3, 0.4) is 0 Å². The number of nitrogens with zero attached hydrogens (tertiary/aromatic N) is 1. The maximum absolute atomic E-state index is 9.24. The molecule has 1 aromatic heterocycles. The Morgan fingerprint density at radius 1 is 1.24 bits per heavy atom. The maximum atomic E-state index is 9.24. The smallest absolute Gasteiger partial charge is 0.252 e. The summed E-state index contributed by atoms with van der Waals surface area (Å²) in [5.74, 6) is 0.272. The predicted octanol–water partition coefficient (Wildman–Crippen LogP) is -0.372. The van der Waals surface area contributed by atoms with Crippen molar-refractivity contribution in [2.24, 2.45) is 0 Å². The second-order valence-corrected chi connectivity index (χ2v) is 4.03. The van der Waals surface area contributed by atoms with E-state index in [0.29, 0.717) is 6.73 Å². The van der Waals surface area contributed by atoms with Crippen molar-refractivity contribution in [2.45, 2.75) is 45.8 Å². The van der Waals surface area contributed by atoms with Crippen LogP contribution < -0.4 is 17.0 Å². The summed E-state index contributed by atoms with van der Waals surface area (Å²) in [6.07, 6.45) is 9.83. The van der Waals surface area contributed by atoms with Crippen LogP contribution >= 0.6 is 0 Å². The molecule has 0 spiro atoms. The van der Waals surface area contributed by atoms with Crippen molar-refractivity contribution >= 4 is 0 Å². The fourth-order valence-corrected chi connectivity index (χ4v) is 1.57. The highest BCUT2D eigenvalue weighted by Gasteiger charge is 2.00. The largest absolute Gasteiger partial charge is 1.00 e. The van der Waals surface area contributed by atoms with Gasteiger partial charge < -0.3 is 22.3 Å². The van der Waals surface area contributed by atoms with E-state index in [1.807, 2.05) is 10.8 Å². The summed E-state index contributed by atoms with van der Waals surface area (Å²) in [5, 5.41) is 9.24. The number of hydrogen-bond donors (Lipinski definition) is 1. The minimum absolute atomic E-state index is 0. The molecular weight excluding hydrogens is 238 g/mol. The molecule has 0 unspecified atom stereocenters. The Kier molecular flexibility index (Phi) is 9.87. The van der Waals surface area contributed by atoms with E-state index >= 15 is 0 Å². The Labute approximate surface area is 110 Å². The van der Waals surface area contributed by atoms with Gasteiger partial charge in [0.25, 0.3) is 6.73 Å². The van der Waals surface area contributed by atoms with Gasteiger partial charge in [0.15, 0.2) is 11.9 Å². The number of aromatic nitrogens is 1. The molecule has 1 rings (SSSR count). The molecule has 98 valence electrons. The molecule has 0 aliphatic rings. The Hall–Kier alpha value is -0.800. The third-order valence-corrected chi connectivity index (χ3v) is 2.48. The van der Waals surface area contributed by atoms with Crippen LogP contribution in [0.5, 0.6) is 5.75 Å². The van der Waals surface area contributed by atoms with Gasteiger partial charge in [0.1, 0.15) is 0 Å². The first kappa shape index (κ1) is 16.2. The summed E-state index contributed by atoms with van der Waals surface area (Å²) >= 11 is 0. The highest BCUT2D eigenvalue weighted by atomic mass is 35.5. The standard InChI is InChI=1S/C13H21NO2.ClH/c1-2-3-4-5-6-10-16-12-14-9-7-8-13(15)11-14;/h7-9,11H,2-6,10,12H2,1H3;1H. The molecule has 0 saturated carbocycles. The van der Waals surface area contributed by atoms with Gasteiger partial charge >= 0.3 is 0 Å². The van der Waals surface area contributed by atoms with Gasteiger partial charge in [-0.15, -0.1) is 0 Å². The van der Waals surface area contributed by atoms with Gasteiger partial charge in [-0.2, -0.15) is 4.57 Å². The van der Waals surface area contributed by atoms with Crippen molar-refractivity contribution in [1.82, 2.24) is 0 Å². The average Bonchev–Trinajstić information content (AvgIpc) is 2.28. The number of halogens is 1. The monoisotopic (exact) mass is 259 g/mol. The number of unbranched alkanes of at least 4 members (excludes halogenated alkanes) is 4. The molecule has 0 fully saturated rings. The Morgan fingerprint density at radius 3 is 2.71 bits per heavy atom. The van der Waals surface area contributed by atoms with Gasteiger partial charge in [-0.25, -0.2) is 0 Å². The molecule has 0 amide bonds. The molecule has 17 heavy (non-hydrogen) atoms. The van der Waals surface area contributed by atoms with E-state index in [4.69, 9.17) is 4.74 Å². The summed E-state index contributed by atoms with van der Waals surface area (Å²) in [5.41, 5.74) is 0. The number of hydrogen-bond acceptors (Lipinski definition) is 2. The Morgan fingerprint density at radius 2 is 2.00 bits per heavy atom. The molecule has 3 nitrogen and oxygen atoms in total. The van der Waals surface area contributed by atoms with E-state index < -0.39 is 0 Å². The van der Waals surface area contributed by atoms with Crippen molar-refractivity contribution in [3.63, 3.8) is 0 Å². The van der Waals surface area contributed by atoms with Crippen LogP contribution in [0.4, 0.5) is 0 Å². The van der Waals surface area contributed by atoms with Gasteiger partial charge in [-0.3, -0.25) is 0 Å². The highest BCUT2D eigenvalue weighted by Crippen LogP contribution is 2.03. The third-order valence-electron chi connectivity index (χ3n) is 2.48. The lowest BCUT2D eigenvalue weighted by Crippen LogP contribution is -3.00. The minimum atomic E-state index is 0. The minimum Gasteiger partial charge on any atom is -1.00 e. The van der Waals surface area contributed by atoms with Crippen molar-refractivity contribution < 1.29 is 26.8 Å². The molecule has 0 saturated heterocycles. The van der Waals surface area contributed by atoms with Crippen LogP contribution in [-0.2, 0) is 11.5 Å². The molecule has 0 atom stereocenters. The second kappa shape index (κ2) is 10.4. The molecule has 4 heteroatoms. The van der Waals surface area contributed by atoms with Gasteiger partial charge in [0, 0.05) is 6.07 Å². The number of pyridine rings is 1. The third kappa shape index (κ3) is 8.00. The lowest BCUT2D eigenvalue weighted by molar-refractivity contribution is -0.733. The zero-order chi connectivity index (χ0) is 11.6. The van der Waals surface area contributed by atoms with Gasteiger partial charge in [0.2, 0.25) is 6.20 Å². The topological polar surface area (TPSA) is 33.3 Å². The second-order valence-electron chi connectivity index (χ2n) is 4.03. The van der Waals surface area contributed by atoms with Gasteiger partial charge in [-0.1, -0.05) is 32.6 Å². The van der Waals surface area contributed by atoms with Gasteiger partial charge in [-0.05, 0) is 12.5 Å². The summed E-state index contributed by atoms with van der Waals surface area (Å²) in [7, 11) is 0. The average molecular weight is 260 g/mol. The zero-order valence-corrected chi connectivity index (χ0v) is 11.2. The normalized spacial score (nSPS) is 9.94. The SMILES string of the molecule is CCCCCCCOC[n+]1cccc(O)c1.[Cl-]. The highest BCUT2D eigenvalue weighted by molar-refractivity contribution is 5.09. The van der Waals surface area contributed by atoms with Crippen LogP contribution in [-0.4, -0.2) is 11.7 Å². The van der Waals surface area contributed by atoms with Crippen LogP contribution in [0.1, 0.15) is 39.0 Å². The van der Waals surface area contributed by atoms with Crippen LogP contribution in [0.15, 0.2) is 24.5 Å². The van der Waals surface area contributed by atoms with E-state index in [1.165, 1.54) is 25.7 Å². The quantitative estimate of drug-likeness (QED) is 0.511. The van der Waals surface area contributed by atoms with E-state index in [9.17, 15) is 5.11 Å². The first-order chi connectivity index (χ1) is 7.83. The van der Waals surface area contributed by atoms with E-state index in [-0.39, 0.29) is 18.2 Å². The van der Waals surface area contributed by atoms with Crippen molar-refractivity contribution in [2.75, 3.05) is 6.61 Å². The van der Waals surface area contributed by atoms with E-state index in [0.717, 1.165) is 13.0 Å². The predicted molar refractivity (Wildman–Crippen MR) is 63.0 cm³/mol. The summed E-state index contributed by atoms with van der Waals surface area (Å²) in [6.45, 7) is 3.53. The van der Waals surface area contributed by atoms with Crippen LogP contribution in [0.25, 0.3) is 0 Å². The lowest BCUT2D eigenvalue weighted by Gasteiger charge is -2.01. The van der Waals surface area contributed by atoms with Gasteiger partial charge in [0.05, 0.1) is 6.61 Å². The van der Waals surface area contributed by atoms with Crippen molar-refractivity contribution in [3.8, 4) is 5.75 Å². The fourth-order valence-electron chi connectivity index (χ4n) is 1.57. The number of ether oxygens (including phenoxy) is 1. The number of rotatable bonds is 8. The lowest BCUT2D eigenvalue weighted by atomic mass is 10.2. The van der Waals surface area contributed by atoms with Crippen molar-refractivity contribution in [1.29, 1.82) is 0 Å². The van der Waals surface area contributed by atoms with Crippen LogP contribution in [0.2, 0.25) is 0 Å². The molecule has 1 N–H and O–H groups in total. The Balaban J connectivity index is 0.00000256. The van der Waals surface area contributed by atoms with E-state index in [1.54, 1.807) is 18.3 Å². The summed E-state index contributed by atoms with van der Waals surface area (Å²) < 4.78 is 7.34. The number of aromatic hydroxyl groups is 1. The first-order valence-electron chi connectivity index (χ1n) is 6.08. The van der Waals surface area contributed by atoms with Crippen LogP contribution in [0, 0.1) is 0 Å². The summed E-state index contributed by atoms with van der Waals surface area (Å²) in [6, 6.07) is 3.46. The molecule has 1 aromatic rings.